The largest absolute Gasteiger partial charge is 0.480 e. The van der Waals surface area contributed by atoms with E-state index in [4.69, 9.17) is 9.84 Å². The van der Waals surface area contributed by atoms with E-state index in [0.29, 0.717) is 0 Å². The van der Waals surface area contributed by atoms with Gasteiger partial charge in [-0.05, 0) is 30.0 Å². The third kappa shape index (κ3) is 2.88. The van der Waals surface area contributed by atoms with Crippen LogP contribution >= 0.6 is 11.8 Å². The first-order valence-electron chi connectivity index (χ1n) is 5.57. The van der Waals surface area contributed by atoms with Crippen LogP contribution in [-0.2, 0) is 0 Å². The van der Waals surface area contributed by atoms with Crippen molar-refractivity contribution in [3.05, 3.63) is 42.1 Å². The van der Waals surface area contributed by atoms with Gasteiger partial charge in [0.05, 0.1) is 7.11 Å². The molecule has 0 fully saturated rings. The zero-order valence-corrected chi connectivity index (χ0v) is 11.4. The summed E-state index contributed by atoms with van der Waals surface area (Å²) in [5.41, 5.74) is 1.76. The number of pyridine rings is 1. The number of carboxylic acid groups (broad SMARTS) is 1. The third-order valence-corrected chi connectivity index (χ3v) is 3.40. The predicted molar refractivity (Wildman–Crippen MR) is 75.0 cm³/mol. The SMILES string of the molecule is COc1ncc(-c2cccc(SC)c2)cc1C(=O)O. The Labute approximate surface area is 115 Å². The van der Waals surface area contributed by atoms with E-state index in [1.54, 1.807) is 24.0 Å². The Morgan fingerprint density at radius 3 is 2.74 bits per heavy atom. The summed E-state index contributed by atoms with van der Waals surface area (Å²) in [6, 6.07) is 9.44. The highest BCUT2D eigenvalue weighted by Gasteiger charge is 2.13. The molecule has 1 heterocycles. The summed E-state index contributed by atoms with van der Waals surface area (Å²) in [6.45, 7) is 0. The number of methoxy groups -OCH3 is 1. The molecule has 1 aromatic carbocycles. The zero-order chi connectivity index (χ0) is 13.8. The first kappa shape index (κ1) is 13.4. The Morgan fingerprint density at radius 2 is 2.11 bits per heavy atom. The van der Waals surface area contributed by atoms with Crippen LogP contribution in [-0.4, -0.2) is 29.4 Å². The molecule has 4 nitrogen and oxygen atoms in total. The molecule has 5 heteroatoms. The molecule has 1 N–H and O–H groups in total. The standard InChI is InChI=1S/C14H13NO3S/c1-18-13-12(14(16)17)7-10(8-15-13)9-4-3-5-11(6-9)19-2/h3-8H,1-2H3,(H,16,17). The van der Waals surface area contributed by atoms with Crippen molar-refractivity contribution in [2.24, 2.45) is 0 Å². The van der Waals surface area contributed by atoms with Crippen molar-refractivity contribution >= 4 is 17.7 Å². The normalized spacial score (nSPS) is 10.2. The smallest absolute Gasteiger partial charge is 0.341 e. The maximum atomic E-state index is 11.2. The van der Waals surface area contributed by atoms with Gasteiger partial charge in [0.2, 0.25) is 5.88 Å². The van der Waals surface area contributed by atoms with Crippen LogP contribution in [0.5, 0.6) is 5.88 Å². The van der Waals surface area contributed by atoms with Gasteiger partial charge < -0.3 is 9.84 Å². The van der Waals surface area contributed by atoms with Gasteiger partial charge in [0, 0.05) is 16.7 Å². The Hall–Kier alpha value is -2.01. The van der Waals surface area contributed by atoms with Crippen LogP contribution in [0.15, 0.2) is 41.4 Å². The average molecular weight is 275 g/mol. The minimum absolute atomic E-state index is 0.0644. The van der Waals surface area contributed by atoms with Gasteiger partial charge in [-0.1, -0.05) is 12.1 Å². The number of nitrogens with zero attached hydrogens (tertiary/aromatic N) is 1. The molecule has 0 bridgehead atoms. The fourth-order valence-electron chi connectivity index (χ4n) is 1.73. The molecule has 0 radical (unpaired) electrons. The number of aromatic carboxylic acids is 1. The van der Waals surface area contributed by atoms with Crippen molar-refractivity contribution in [3.8, 4) is 17.0 Å². The fraction of sp³-hybridized carbons (Fsp3) is 0.143. The van der Waals surface area contributed by atoms with E-state index in [1.165, 1.54) is 7.11 Å². The number of carboxylic acids is 1. The van der Waals surface area contributed by atoms with E-state index >= 15 is 0 Å². The Kier molecular flexibility index (Phi) is 4.06. The molecule has 0 aliphatic rings. The van der Waals surface area contributed by atoms with Gasteiger partial charge in [0.1, 0.15) is 5.56 Å². The van der Waals surface area contributed by atoms with Crippen molar-refractivity contribution in [2.75, 3.05) is 13.4 Å². The van der Waals surface area contributed by atoms with Gasteiger partial charge in [-0.25, -0.2) is 9.78 Å². The molecule has 0 aliphatic carbocycles. The van der Waals surface area contributed by atoms with Crippen LogP contribution in [0.1, 0.15) is 10.4 Å². The molecule has 0 spiro atoms. The van der Waals surface area contributed by atoms with Crippen molar-refractivity contribution < 1.29 is 14.6 Å². The summed E-state index contributed by atoms with van der Waals surface area (Å²) in [4.78, 5) is 16.3. The van der Waals surface area contributed by atoms with Crippen LogP contribution in [0.4, 0.5) is 0 Å². The lowest BCUT2D eigenvalue weighted by atomic mass is 10.1. The molecule has 2 aromatic rings. The van der Waals surface area contributed by atoms with Crippen molar-refractivity contribution in [1.82, 2.24) is 4.98 Å². The Balaban J connectivity index is 2.50. The van der Waals surface area contributed by atoms with Crippen molar-refractivity contribution in [1.29, 1.82) is 0 Å². The second kappa shape index (κ2) is 5.75. The molecule has 1 aromatic heterocycles. The summed E-state index contributed by atoms with van der Waals surface area (Å²) in [6.07, 6.45) is 3.61. The van der Waals surface area contributed by atoms with Gasteiger partial charge >= 0.3 is 5.97 Å². The van der Waals surface area contributed by atoms with Gasteiger partial charge in [0.25, 0.3) is 0 Å². The van der Waals surface area contributed by atoms with E-state index in [0.717, 1.165) is 16.0 Å². The van der Waals surface area contributed by atoms with Crippen LogP contribution < -0.4 is 4.74 Å². The molecular formula is C14H13NO3S. The highest BCUT2D eigenvalue weighted by Crippen LogP contribution is 2.27. The van der Waals surface area contributed by atoms with Gasteiger partial charge in [-0.3, -0.25) is 0 Å². The molecule has 0 saturated carbocycles. The van der Waals surface area contributed by atoms with Gasteiger partial charge in [-0.2, -0.15) is 0 Å². The van der Waals surface area contributed by atoms with E-state index in [1.807, 2.05) is 30.5 Å². The van der Waals surface area contributed by atoms with E-state index in [9.17, 15) is 4.79 Å². The summed E-state index contributed by atoms with van der Waals surface area (Å²) in [5, 5.41) is 9.14. The second-order valence-corrected chi connectivity index (χ2v) is 4.70. The predicted octanol–water partition coefficient (Wildman–Crippen LogP) is 3.18. The zero-order valence-electron chi connectivity index (χ0n) is 10.6. The maximum Gasteiger partial charge on any atom is 0.341 e. The lowest BCUT2D eigenvalue weighted by molar-refractivity contribution is 0.0692. The summed E-state index contributed by atoms with van der Waals surface area (Å²) >= 11 is 1.63. The number of carbonyl (C=O) groups is 1. The molecule has 0 unspecified atom stereocenters. The van der Waals surface area contributed by atoms with Gasteiger partial charge in [-0.15, -0.1) is 11.8 Å². The number of aromatic nitrogens is 1. The Morgan fingerprint density at radius 1 is 1.32 bits per heavy atom. The molecule has 19 heavy (non-hydrogen) atoms. The topological polar surface area (TPSA) is 59.4 Å². The quantitative estimate of drug-likeness (QED) is 0.868. The molecule has 0 atom stereocenters. The number of ether oxygens (including phenoxy) is 1. The lowest BCUT2D eigenvalue weighted by Crippen LogP contribution is -2.02. The molecule has 0 saturated heterocycles. The van der Waals surface area contributed by atoms with E-state index in [-0.39, 0.29) is 11.4 Å². The summed E-state index contributed by atoms with van der Waals surface area (Å²) in [7, 11) is 1.41. The van der Waals surface area contributed by atoms with Crippen LogP contribution in [0.2, 0.25) is 0 Å². The molecule has 2 rings (SSSR count). The van der Waals surface area contributed by atoms with Gasteiger partial charge in [0.15, 0.2) is 0 Å². The number of hydrogen-bond acceptors (Lipinski definition) is 4. The highest BCUT2D eigenvalue weighted by molar-refractivity contribution is 7.98. The first-order valence-corrected chi connectivity index (χ1v) is 6.80. The molecular weight excluding hydrogens is 262 g/mol. The van der Waals surface area contributed by atoms with E-state index < -0.39 is 5.97 Å². The van der Waals surface area contributed by atoms with Crippen LogP contribution in [0.3, 0.4) is 0 Å². The van der Waals surface area contributed by atoms with Crippen molar-refractivity contribution in [3.63, 3.8) is 0 Å². The summed E-state index contributed by atoms with van der Waals surface area (Å²) < 4.78 is 4.95. The average Bonchev–Trinajstić information content (AvgIpc) is 2.46. The number of thioether (sulfide) groups is 1. The first-order chi connectivity index (χ1) is 9.15. The van der Waals surface area contributed by atoms with E-state index in [2.05, 4.69) is 4.98 Å². The third-order valence-electron chi connectivity index (χ3n) is 2.68. The maximum absolute atomic E-state index is 11.2. The minimum Gasteiger partial charge on any atom is -0.480 e. The fourth-order valence-corrected chi connectivity index (χ4v) is 2.19. The molecule has 0 amide bonds. The summed E-state index contributed by atoms with van der Waals surface area (Å²) in [5.74, 6) is -0.926. The highest BCUT2D eigenvalue weighted by atomic mass is 32.2. The second-order valence-electron chi connectivity index (χ2n) is 3.82. The molecule has 98 valence electrons. The minimum atomic E-state index is -1.05. The molecule has 0 aliphatic heterocycles. The van der Waals surface area contributed by atoms with Crippen LogP contribution in [0, 0.1) is 0 Å². The Bertz CT molecular complexity index is 613. The monoisotopic (exact) mass is 275 g/mol. The van der Waals surface area contributed by atoms with Crippen molar-refractivity contribution in [2.45, 2.75) is 4.90 Å². The lowest BCUT2D eigenvalue weighted by Gasteiger charge is -2.07. The number of benzene rings is 1. The van der Waals surface area contributed by atoms with Crippen LogP contribution in [0.25, 0.3) is 11.1 Å². The number of rotatable bonds is 4. The number of hydrogen-bond donors (Lipinski definition) is 1.